The van der Waals surface area contributed by atoms with Gasteiger partial charge in [-0.25, -0.2) is 4.72 Å². The van der Waals surface area contributed by atoms with Crippen LogP contribution in [0.1, 0.15) is 12.0 Å². The lowest BCUT2D eigenvalue weighted by molar-refractivity contribution is -0.387. The average Bonchev–Trinajstić information content (AvgIpc) is 2.64. The minimum atomic E-state index is -1.26. The van der Waals surface area contributed by atoms with Crippen LogP contribution in [0.5, 0.6) is 0 Å². The van der Waals surface area contributed by atoms with Crippen LogP contribution in [0.15, 0.2) is 59.5 Å². The highest BCUT2D eigenvalue weighted by molar-refractivity contribution is 7.97. The van der Waals surface area contributed by atoms with Gasteiger partial charge in [-0.2, -0.15) is 0 Å². The third-order valence-corrected chi connectivity index (χ3v) is 4.25. The molecule has 2 rings (SSSR count). The highest BCUT2D eigenvalue weighted by Crippen LogP contribution is 2.27. The molecule has 1 atom stereocenters. The zero-order chi connectivity index (χ0) is 18.9. The molecule has 0 aliphatic heterocycles. The summed E-state index contributed by atoms with van der Waals surface area (Å²) in [6.45, 7) is 0.0450. The number of carbonyl (C=O) groups excluding carboxylic acids is 1. The first-order valence-electron chi connectivity index (χ1n) is 7.55. The molecule has 2 N–H and O–H groups in total. The van der Waals surface area contributed by atoms with Gasteiger partial charge in [0.2, 0.25) is 0 Å². The summed E-state index contributed by atoms with van der Waals surface area (Å²) in [4.78, 5) is 33.9. The topological polar surface area (TPSA) is 119 Å². The van der Waals surface area contributed by atoms with E-state index in [-0.39, 0.29) is 17.2 Å². The molecule has 0 saturated carbocycles. The largest absolute Gasteiger partial charge is 0.480 e. The summed E-state index contributed by atoms with van der Waals surface area (Å²) in [6, 6.07) is 13.7. The molecule has 0 heterocycles. The van der Waals surface area contributed by atoms with Crippen molar-refractivity contribution in [3.63, 3.8) is 0 Å². The molecule has 0 aliphatic carbocycles. The van der Waals surface area contributed by atoms with E-state index in [2.05, 4.69) is 4.72 Å². The van der Waals surface area contributed by atoms with E-state index in [1.807, 2.05) is 6.07 Å². The molecule has 0 saturated heterocycles. The fourth-order valence-electron chi connectivity index (χ4n) is 1.97. The van der Waals surface area contributed by atoms with Gasteiger partial charge in [0, 0.05) is 6.07 Å². The molecule has 0 amide bonds. The lowest BCUT2D eigenvalue weighted by atomic mass is 10.2. The Hall–Kier alpha value is -2.91. The maximum Gasteiger partial charge on any atom is 0.322 e. The van der Waals surface area contributed by atoms with Crippen LogP contribution >= 0.6 is 11.9 Å². The Morgan fingerprint density at radius 1 is 1.15 bits per heavy atom. The number of carboxylic acids is 1. The van der Waals surface area contributed by atoms with Crippen molar-refractivity contribution in [2.75, 3.05) is 0 Å². The van der Waals surface area contributed by atoms with E-state index in [0.29, 0.717) is 0 Å². The van der Waals surface area contributed by atoms with E-state index in [4.69, 9.17) is 4.74 Å². The number of nitrogens with one attached hydrogen (secondary N) is 1. The van der Waals surface area contributed by atoms with Gasteiger partial charge in [0.25, 0.3) is 5.69 Å². The van der Waals surface area contributed by atoms with E-state index in [0.717, 1.165) is 17.5 Å². The van der Waals surface area contributed by atoms with Crippen molar-refractivity contribution in [1.82, 2.24) is 4.72 Å². The summed E-state index contributed by atoms with van der Waals surface area (Å²) in [5.41, 5.74) is 0.635. The van der Waals surface area contributed by atoms with Crippen molar-refractivity contribution in [3.8, 4) is 0 Å². The Morgan fingerprint density at radius 3 is 2.46 bits per heavy atom. The highest BCUT2D eigenvalue weighted by Gasteiger charge is 2.24. The molecule has 2 aromatic rings. The second-order valence-corrected chi connectivity index (χ2v) is 6.07. The van der Waals surface area contributed by atoms with Crippen LogP contribution in [-0.4, -0.2) is 28.0 Å². The van der Waals surface area contributed by atoms with Crippen LogP contribution in [0.25, 0.3) is 0 Å². The molecule has 136 valence electrons. The third kappa shape index (κ3) is 5.87. The highest BCUT2D eigenvalue weighted by atomic mass is 32.2. The minimum Gasteiger partial charge on any atom is -0.480 e. The number of carboxylic acid groups (broad SMARTS) is 1. The fraction of sp³-hybridized carbons (Fsp3) is 0.176. The molecule has 9 heteroatoms. The van der Waals surface area contributed by atoms with Crippen molar-refractivity contribution >= 4 is 29.6 Å². The van der Waals surface area contributed by atoms with Crippen molar-refractivity contribution in [3.05, 3.63) is 70.3 Å². The second-order valence-electron chi connectivity index (χ2n) is 5.19. The number of ether oxygens (including phenoxy) is 1. The Labute approximate surface area is 153 Å². The number of nitrogens with zero attached hydrogens (tertiary/aromatic N) is 1. The quantitative estimate of drug-likeness (QED) is 0.297. The van der Waals surface area contributed by atoms with Crippen LogP contribution < -0.4 is 4.72 Å². The van der Waals surface area contributed by atoms with Gasteiger partial charge >= 0.3 is 11.9 Å². The molecule has 0 fully saturated rings. The Morgan fingerprint density at radius 2 is 1.81 bits per heavy atom. The average molecular weight is 376 g/mol. The van der Waals surface area contributed by atoms with Crippen LogP contribution in [0.3, 0.4) is 0 Å². The van der Waals surface area contributed by atoms with E-state index in [9.17, 15) is 24.8 Å². The van der Waals surface area contributed by atoms with Gasteiger partial charge in [-0.1, -0.05) is 42.5 Å². The molecule has 26 heavy (non-hydrogen) atoms. The molecule has 0 unspecified atom stereocenters. The SMILES string of the molecule is O=C(C[C@H](NSc1ccccc1[N+](=O)[O-])C(=O)O)OCc1ccccc1. The van der Waals surface area contributed by atoms with Crippen LogP contribution in [-0.2, 0) is 20.9 Å². The molecular weight excluding hydrogens is 360 g/mol. The number of aliphatic carboxylic acids is 1. The molecule has 8 nitrogen and oxygen atoms in total. The Kier molecular flexibility index (Phi) is 7.12. The molecule has 0 bridgehead atoms. The van der Waals surface area contributed by atoms with Crippen molar-refractivity contribution in [2.24, 2.45) is 0 Å². The van der Waals surface area contributed by atoms with Crippen molar-refractivity contribution in [1.29, 1.82) is 0 Å². The maximum absolute atomic E-state index is 11.9. The van der Waals surface area contributed by atoms with Gasteiger partial charge in [-0.15, -0.1) is 0 Å². The lowest BCUT2D eigenvalue weighted by Gasteiger charge is -2.13. The monoisotopic (exact) mass is 376 g/mol. The number of hydrogen-bond acceptors (Lipinski definition) is 7. The molecule has 0 aliphatic rings. The van der Waals surface area contributed by atoms with Gasteiger partial charge in [0.1, 0.15) is 17.5 Å². The number of esters is 1. The third-order valence-electron chi connectivity index (χ3n) is 3.28. The normalized spacial score (nSPS) is 11.5. The zero-order valence-electron chi connectivity index (χ0n) is 13.5. The fourth-order valence-corrected chi connectivity index (χ4v) is 2.82. The zero-order valence-corrected chi connectivity index (χ0v) is 14.3. The predicted molar refractivity (Wildman–Crippen MR) is 94.4 cm³/mol. The van der Waals surface area contributed by atoms with Crippen molar-refractivity contribution in [2.45, 2.75) is 24.0 Å². The number of para-hydroxylation sites is 1. The molecule has 0 aromatic heterocycles. The summed E-state index contributed by atoms with van der Waals surface area (Å²) >= 11 is 0.788. The summed E-state index contributed by atoms with van der Waals surface area (Å²) in [6.07, 6.45) is -0.407. The number of hydrogen-bond donors (Lipinski definition) is 2. The Balaban J connectivity index is 1.91. The smallest absolute Gasteiger partial charge is 0.322 e. The first-order valence-corrected chi connectivity index (χ1v) is 8.37. The van der Waals surface area contributed by atoms with Gasteiger partial charge in [0.05, 0.1) is 11.3 Å². The molecule has 0 radical (unpaired) electrons. The standard InChI is InChI=1S/C17H16N2O6S/c20-16(25-11-12-6-2-1-3-7-12)10-13(17(21)22)18-26-15-9-5-4-8-14(15)19(23)24/h1-9,13,18H,10-11H2,(H,21,22)/t13-/m0/s1. The first-order chi connectivity index (χ1) is 12.5. The minimum absolute atomic E-state index is 0.0450. The van der Waals surface area contributed by atoms with Gasteiger partial charge in [-0.05, 0) is 23.6 Å². The van der Waals surface area contributed by atoms with Gasteiger partial charge in [0.15, 0.2) is 0 Å². The summed E-state index contributed by atoms with van der Waals surface area (Å²) < 4.78 is 7.63. The number of rotatable bonds is 9. The molecule has 0 spiro atoms. The van der Waals surface area contributed by atoms with Gasteiger partial charge < -0.3 is 9.84 Å². The van der Waals surface area contributed by atoms with Gasteiger partial charge in [-0.3, -0.25) is 19.7 Å². The molecule has 2 aromatic carbocycles. The van der Waals surface area contributed by atoms with Crippen LogP contribution in [0.4, 0.5) is 5.69 Å². The number of benzene rings is 2. The van der Waals surface area contributed by atoms with E-state index >= 15 is 0 Å². The number of nitro benzene ring substituents is 1. The van der Waals surface area contributed by atoms with Crippen molar-refractivity contribution < 1.29 is 24.4 Å². The van der Waals surface area contributed by atoms with E-state index < -0.39 is 29.3 Å². The van der Waals surface area contributed by atoms with Crippen LogP contribution in [0, 0.1) is 10.1 Å². The second kappa shape index (κ2) is 9.54. The predicted octanol–water partition coefficient (Wildman–Crippen LogP) is 2.78. The van der Waals surface area contributed by atoms with E-state index in [1.54, 1.807) is 30.3 Å². The summed E-state index contributed by atoms with van der Waals surface area (Å²) in [7, 11) is 0. The molecular formula is C17H16N2O6S. The first kappa shape index (κ1) is 19.4. The Bertz CT molecular complexity index is 784. The lowest BCUT2D eigenvalue weighted by Crippen LogP contribution is -2.35. The number of carbonyl (C=O) groups is 2. The van der Waals surface area contributed by atoms with E-state index in [1.165, 1.54) is 18.2 Å². The number of nitro groups is 1. The summed E-state index contributed by atoms with van der Waals surface area (Å²) in [5.74, 6) is -1.94. The summed E-state index contributed by atoms with van der Waals surface area (Å²) in [5, 5.41) is 20.2. The maximum atomic E-state index is 11.9. The van der Waals surface area contributed by atoms with Crippen LogP contribution in [0.2, 0.25) is 0 Å².